The Morgan fingerprint density at radius 1 is 1.24 bits per heavy atom. The predicted octanol–water partition coefficient (Wildman–Crippen LogP) is 2.10. The van der Waals surface area contributed by atoms with E-state index in [1.54, 1.807) is 24.3 Å². The second-order valence-corrected chi connectivity index (χ2v) is 3.43. The van der Waals surface area contributed by atoms with Crippen molar-refractivity contribution in [2.75, 3.05) is 13.7 Å². The number of alkyl halides is 3. The van der Waals surface area contributed by atoms with Gasteiger partial charge < -0.3 is 15.2 Å². The minimum atomic E-state index is -4.43. The van der Waals surface area contributed by atoms with Crippen LogP contribution < -0.4 is 10.5 Å². The zero-order chi connectivity index (χ0) is 12.9. The van der Waals surface area contributed by atoms with Crippen molar-refractivity contribution in [3.8, 4) is 5.75 Å². The standard InChI is InChI=1S/C11H14F3NO2/c1-16-9-4-2-8(3-5-9)7-17-10(6-15)11(12,13)14/h2-5,10H,6-7,15H2,1H3. The number of halogens is 3. The van der Waals surface area contributed by atoms with Crippen molar-refractivity contribution in [1.29, 1.82) is 0 Å². The lowest BCUT2D eigenvalue weighted by molar-refractivity contribution is -0.219. The summed E-state index contributed by atoms with van der Waals surface area (Å²) in [7, 11) is 1.51. The number of methoxy groups -OCH3 is 1. The fourth-order valence-electron chi connectivity index (χ4n) is 1.21. The third-order valence-corrected chi connectivity index (χ3v) is 2.19. The first-order valence-electron chi connectivity index (χ1n) is 4.98. The monoisotopic (exact) mass is 249 g/mol. The average molecular weight is 249 g/mol. The Hall–Kier alpha value is -1.27. The molecule has 96 valence electrons. The fourth-order valence-corrected chi connectivity index (χ4v) is 1.21. The average Bonchev–Trinajstić information content (AvgIpc) is 2.29. The summed E-state index contributed by atoms with van der Waals surface area (Å²) in [6.07, 6.45) is -6.36. The highest BCUT2D eigenvalue weighted by atomic mass is 19.4. The molecule has 6 heteroatoms. The van der Waals surface area contributed by atoms with Crippen molar-refractivity contribution in [2.24, 2.45) is 5.73 Å². The summed E-state index contributed by atoms with van der Waals surface area (Å²) < 4.78 is 46.6. The molecule has 0 bridgehead atoms. The predicted molar refractivity (Wildman–Crippen MR) is 56.7 cm³/mol. The summed E-state index contributed by atoms with van der Waals surface area (Å²) in [5.74, 6) is 0.639. The van der Waals surface area contributed by atoms with Crippen LogP contribution in [0.3, 0.4) is 0 Å². The SMILES string of the molecule is COc1ccc(COC(CN)C(F)(F)F)cc1. The maximum Gasteiger partial charge on any atom is 0.415 e. The van der Waals surface area contributed by atoms with E-state index in [4.69, 9.17) is 15.2 Å². The molecule has 0 heterocycles. The van der Waals surface area contributed by atoms with Crippen molar-refractivity contribution in [3.05, 3.63) is 29.8 Å². The van der Waals surface area contributed by atoms with Gasteiger partial charge in [0.1, 0.15) is 5.75 Å². The fraction of sp³-hybridized carbons (Fsp3) is 0.455. The maximum absolute atomic E-state index is 12.3. The molecule has 3 nitrogen and oxygen atoms in total. The summed E-state index contributed by atoms with van der Waals surface area (Å²) in [6, 6.07) is 6.60. The second-order valence-electron chi connectivity index (χ2n) is 3.43. The lowest BCUT2D eigenvalue weighted by Crippen LogP contribution is -2.38. The van der Waals surface area contributed by atoms with E-state index in [0.29, 0.717) is 11.3 Å². The molecule has 0 aliphatic heterocycles. The Labute approximate surface area is 97.3 Å². The van der Waals surface area contributed by atoms with Crippen molar-refractivity contribution in [3.63, 3.8) is 0 Å². The summed E-state index contributed by atoms with van der Waals surface area (Å²) >= 11 is 0. The van der Waals surface area contributed by atoms with Crippen LogP contribution in [0.15, 0.2) is 24.3 Å². The Bertz CT molecular complexity index is 338. The molecule has 1 aromatic carbocycles. The molecule has 0 aliphatic rings. The highest BCUT2D eigenvalue weighted by Gasteiger charge is 2.39. The van der Waals surface area contributed by atoms with E-state index in [1.807, 2.05) is 0 Å². The summed E-state index contributed by atoms with van der Waals surface area (Å²) in [4.78, 5) is 0. The van der Waals surface area contributed by atoms with Gasteiger partial charge in [0.15, 0.2) is 6.10 Å². The second kappa shape index (κ2) is 5.88. The van der Waals surface area contributed by atoms with E-state index in [-0.39, 0.29) is 6.61 Å². The van der Waals surface area contributed by atoms with Crippen LogP contribution in [0.25, 0.3) is 0 Å². The van der Waals surface area contributed by atoms with Gasteiger partial charge in [-0.25, -0.2) is 0 Å². The Morgan fingerprint density at radius 2 is 1.82 bits per heavy atom. The Morgan fingerprint density at radius 3 is 2.24 bits per heavy atom. The van der Waals surface area contributed by atoms with Crippen molar-refractivity contribution in [2.45, 2.75) is 18.9 Å². The molecule has 0 saturated heterocycles. The molecular formula is C11H14F3NO2. The van der Waals surface area contributed by atoms with Gasteiger partial charge in [-0.05, 0) is 17.7 Å². The molecular weight excluding hydrogens is 235 g/mol. The normalized spacial score (nSPS) is 13.5. The smallest absolute Gasteiger partial charge is 0.415 e. The molecule has 0 aliphatic carbocycles. The van der Waals surface area contributed by atoms with Gasteiger partial charge in [0.05, 0.1) is 13.7 Å². The zero-order valence-corrected chi connectivity index (χ0v) is 9.33. The van der Waals surface area contributed by atoms with Gasteiger partial charge >= 0.3 is 6.18 Å². The van der Waals surface area contributed by atoms with Crippen molar-refractivity contribution < 1.29 is 22.6 Å². The summed E-state index contributed by atoms with van der Waals surface area (Å²) in [5.41, 5.74) is 5.64. The summed E-state index contributed by atoms with van der Waals surface area (Å²) in [5, 5.41) is 0. The minimum absolute atomic E-state index is 0.134. The van der Waals surface area contributed by atoms with Crippen LogP contribution in [-0.2, 0) is 11.3 Å². The quantitative estimate of drug-likeness (QED) is 0.869. The third kappa shape index (κ3) is 4.24. The third-order valence-electron chi connectivity index (χ3n) is 2.19. The van der Waals surface area contributed by atoms with Crippen LogP contribution in [0.4, 0.5) is 13.2 Å². The molecule has 1 unspecified atom stereocenters. The van der Waals surface area contributed by atoms with E-state index in [9.17, 15) is 13.2 Å². The number of rotatable bonds is 5. The molecule has 0 saturated carbocycles. The van der Waals surface area contributed by atoms with E-state index < -0.39 is 18.8 Å². The first kappa shape index (κ1) is 13.8. The molecule has 0 spiro atoms. The lowest BCUT2D eigenvalue weighted by Gasteiger charge is -2.19. The minimum Gasteiger partial charge on any atom is -0.497 e. The van der Waals surface area contributed by atoms with Crippen molar-refractivity contribution >= 4 is 0 Å². The van der Waals surface area contributed by atoms with Crippen LogP contribution in [0.1, 0.15) is 5.56 Å². The van der Waals surface area contributed by atoms with E-state index in [0.717, 1.165) is 0 Å². The molecule has 0 fully saturated rings. The van der Waals surface area contributed by atoms with Gasteiger partial charge in [0.2, 0.25) is 0 Å². The number of ether oxygens (including phenoxy) is 2. The molecule has 0 amide bonds. The number of hydrogen-bond acceptors (Lipinski definition) is 3. The van der Waals surface area contributed by atoms with Gasteiger partial charge in [-0.1, -0.05) is 12.1 Å². The van der Waals surface area contributed by atoms with Gasteiger partial charge in [0, 0.05) is 6.54 Å². The van der Waals surface area contributed by atoms with Crippen LogP contribution in [0.5, 0.6) is 5.75 Å². The molecule has 0 aromatic heterocycles. The van der Waals surface area contributed by atoms with Gasteiger partial charge in [0.25, 0.3) is 0 Å². The van der Waals surface area contributed by atoms with Gasteiger partial charge in [-0.2, -0.15) is 13.2 Å². The largest absolute Gasteiger partial charge is 0.497 e. The van der Waals surface area contributed by atoms with E-state index >= 15 is 0 Å². The first-order chi connectivity index (χ1) is 7.97. The Kier molecular flexibility index (Phi) is 4.77. The lowest BCUT2D eigenvalue weighted by atomic mass is 10.2. The Balaban J connectivity index is 2.54. The van der Waals surface area contributed by atoms with Crippen LogP contribution in [0.2, 0.25) is 0 Å². The first-order valence-corrected chi connectivity index (χ1v) is 4.98. The van der Waals surface area contributed by atoms with Crippen molar-refractivity contribution in [1.82, 2.24) is 0 Å². The topological polar surface area (TPSA) is 44.5 Å². The highest BCUT2D eigenvalue weighted by molar-refractivity contribution is 5.26. The van der Waals surface area contributed by atoms with Crippen LogP contribution in [-0.4, -0.2) is 25.9 Å². The number of hydrogen-bond donors (Lipinski definition) is 1. The van der Waals surface area contributed by atoms with E-state index in [1.165, 1.54) is 7.11 Å². The molecule has 1 aromatic rings. The van der Waals surface area contributed by atoms with E-state index in [2.05, 4.69) is 0 Å². The summed E-state index contributed by atoms with van der Waals surface area (Å²) in [6.45, 7) is -0.717. The van der Waals surface area contributed by atoms with Gasteiger partial charge in [-0.3, -0.25) is 0 Å². The molecule has 0 radical (unpaired) electrons. The maximum atomic E-state index is 12.3. The van der Waals surface area contributed by atoms with Crippen LogP contribution >= 0.6 is 0 Å². The number of benzene rings is 1. The highest BCUT2D eigenvalue weighted by Crippen LogP contribution is 2.23. The molecule has 1 rings (SSSR count). The van der Waals surface area contributed by atoms with Crippen LogP contribution in [0, 0.1) is 0 Å². The van der Waals surface area contributed by atoms with Gasteiger partial charge in [-0.15, -0.1) is 0 Å². The molecule has 1 atom stereocenters. The zero-order valence-electron chi connectivity index (χ0n) is 9.33. The molecule has 17 heavy (non-hydrogen) atoms. The number of nitrogens with two attached hydrogens (primary N) is 1. The molecule has 2 N–H and O–H groups in total.